The number of unbranched alkanes of at least 4 members (excludes halogenated alkanes) is 42. The molecule has 2 heterocycles. The molecule has 0 saturated carbocycles. The summed E-state index contributed by atoms with van der Waals surface area (Å²) in [7, 11) is 0. The van der Waals surface area contributed by atoms with Gasteiger partial charge in [-0.15, -0.1) is 0 Å². The van der Waals surface area contributed by atoms with Crippen LogP contribution >= 0.6 is 0 Å². The molecule has 0 radical (unpaired) electrons. The molecule has 14 heteroatoms. The zero-order valence-electron chi connectivity index (χ0n) is 50.6. The van der Waals surface area contributed by atoms with Gasteiger partial charge in [-0.3, -0.25) is 4.79 Å². The third-order valence-electron chi connectivity index (χ3n) is 16.7. The Morgan fingerprint density at radius 2 is 0.785 bits per heavy atom. The normalized spacial score (nSPS) is 24.4. The summed E-state index contributed by atoms with van der Waals surface area (Å²) in [5.41, 5.74) is 0. The van der Waals surface area contributed by atoms with Gasteiger partial charge < -0.3 is 65.1 Å². The Kier molecular flexibility index (Phi) is 47.8. The zero-order valence-corrected chi connectivity index (χ0v) is 50.6. The summed E-state index contributed by atoms with van der Waals surface area (Å²) < 4.78 is 22.8. The predicted octanol–water partition coefficient (Wildman–Crippen LogP) is 12.6. The van der Waals surface area contributed by atoms with E-state index < -0.39 is 86.8 Å². The average Bonchev–Trinajstić information content (AvgIpc) is 3.45. The van der Waals surface area contributed by atoms with Gasteiger partial charge in [0.1, 0.15) is 48.8 Å². The van der Waals surface area contributed by atoms with Gasteiger partial charge in [0.2, 0.25) is 5.91 Å². The summed E-state index contributed by atoms with van der Waals surface area (Å²) in [6.07, 6.45) is 44.1. The zero-order chi connectivity index (χ0) is 57.4. The number of ether oxygens (including phenoxy) is 4. The molecule has 0 bridgehead atoms. The third-order valence-corrected chi connectivity index (χ3v) is 16.7. The van der Waals surface area contributed by atoms with Gasteiger partial charge in [-0.25, -0.2) is 0 Å². The highest BCUT2D eigenvalue weighted by Gasteiger charge is 2.51. The molecule has 0 spiro atoms. The van der Waals surface area contributed by atoms with E-state index in [1.165, 1.54) is 238 Å². The van der Waals surface area contributed by atoms with Crippen molar-refractivity contribution in [2.75, 3.05) is 19.8 Å². The summed E-state index contributed by atoms with van der Waals surface area (Å²) in [6.45, 7) is 2.84. The molecule has 79 heavy (non-hydrogen) atoms. The first-order chi connectivity index (χ1) is 38.6. The summed E-state index contributed by atoms with van der Waals surface area (Å²) >= 11 is 0. The monoisotopic (exact) mass is 1130 g/mol. The Morgan fingerprint density at radius 1 is 0.443 bits per heavy atom. The Morgan fingerprint density at radius 3 is 1.16 bits per heavy atom. The number of amides is 1. The minimum atomic E-state index is -1.79. The van der Waals surface area contributed by atoms with Crippen LogP contribution in [-0.4, -0.2) is 140 Å². The van der Waals surface area contributed by atoms with Crippen LogP contribution in [0.1, 0.15) is 303 Å². The van der Waals surface area contributed by atoms with Crippen molar-refractivity contribution in [3.8, 4) is 0 Å². The first kappa shape index (κ1) is 73.8. The molecule has 12 atom stereocenters. The number of hydrogen-bond donors (Lipinski definition) is 9. The van der Waals surface area contributed by atoms with E-state index in [4.69, 9.17) is 18.9 Å². The van der Waals surface area contributed by atoms with Crippen molar-refractivity contribution >= 4 is 5.91 Å². The quantitative estimate of drug-likeness (QED) is 0.0204. The number of carbonyl (C=O) groups is 1. The summed E-state index contributed by atoms with van der Waals surface area (Å²) in [6, 6.07) is -0.910. The maximum atomic E-state index is 13.3. The van der Waals surface area contributed by atoms with Gasteiger partial charge in [0.15, 0.2) is 12.6 Å². The molecule has 14 nitrogen and oxygen atoms in total. The average molecular weight is 1130 g/mol. The lowest BCUT2D eigenvalue weighted by Crippen LogP contribution is -2.65. The Balaban J connectivity index is 1.67. The molecule has 9 N–H and O–H groups in total. The summed E-state index contributed by atoms with van der Waals surface area (Å²) in [5, 5.41) is 87.2. The predicted molar refractivity (Wildman–Crippen MR) is 319 cm³/mol. The maximum absolute atomic E-state index is 13.3. The topological polar surface area (TPSA) is 228 Å². The van der Waals surface area contributed by atoms with Crippen molar-refractivity contribution in [2.24, 2.45) is 0 Å². The number of aliphatic hydroxyl groups excluding tert-OH is 8. The lowest BCUT2D eigenvalue weighted by atomic mass is 9.97. The maximum Gasteiger partial charge on any atom is 0.220 e. The lowest BCUT2D eigenvalue weighted by molar-refractivity contribution is -0.359. The Labute approximate surface area is 482 Å². The molecule has 0 aliphatic carbocycles. The highest BCUT2D eigenvalue weighted by molar-refractivity contribution is 5.76. The van der Waals surface area contributed by atoms with Crippen LogP contribution in [0.2, 0.25) is 0 Å². The van der Waals surface area contributed by atoms with E-state index in [2.05, 4.69) is 19.2 Å². The SMILES string of the molecule is CCCCCCCCCCCCCCCCCCCCCCCCCCCCCC/C=C/C(O)C(COC1OC(CO)C(OC2OC(CO)C(O)C(O)C2O)C(O)C1O)NC(=O)CCCCCCCCCCCCCCCCC. The molecule has 12 unspecified atom stereocenters. The first-order valence-corrected chi connectivity index (χ1v) is 33.4. The van der Waals surface area contributed by atoms with E-state index in [9.17, 15) is 45.6 Å². The van der Waals surface area contributed by atoms with E-state index in [1.54, 1.807) is 6.08 Å². The molecule has 2 aliphatic heterocycles. The fourth-order valence-corrected chi connectivity index (χ4v) is 11.4. The van der Waals surface area contributed by atoms with E-state index in [-0.39, 0.29) is 18.9 Å². The van der Waals surface area contributed by atoms with Crippen LogP contribution in [0.5, 0.6) is 0 Å². The lowest BCUT2D eigenvalue weighted by Gasteiger charge is -2.46. The number of nitrogens with one attached hydrogen (secondary N) is 1. The second-order valence-electron chi connectivity index (χ2n) is 24.0. The smallest absolute Gasteiger partial charge is 0.220 e. The van der Waals surface area contributed by atoms with Crippen molar-refractivity contribution in [3.63, 3.8) is 0 Å². The van der Waals surface area contributed by atoms with Gasteiger partial charge >= 0.3 is 0 Å². The minimum Gasteiger partial charge on any atom is -0.394 e. The van der Waals surface area contributed by atoms with Crippen LogP contribution in [0, 0.1) is 0 Å². The number of allylic oxidation sites excluding steroid dienone is 1. The summed E-state index contributed by atoms with van der Waals surface area (Å²) in [4.78, 5) is 13.3. The molecule has 2 rings (SSSR count). The Bertz CT molecular complexity index is 1380. The van der Waals surface area contributed by atoms with Crippen molar-refractivity contribution in [3.05, 3.63) is 12.2 Å². The number of carbonyl (C=O) groups excluding carboxylic acids is 1. The van der Waals surface area contributed by atoms with Crippen molar-refractivity contribution in [2.45, 2.75) is 376 Å². The summed E-state index contributed by atoms with van der Waals surface area (Å²) in [5.74, 6) is -0.233. The molecular weight excluding hydrogens is 1000 g/mol. The molecule has 2 aliphatic rings. The Hall–Kier alpha value is -1.27. The van der Waals surface area contributed by atoms with Crippen LogP contribution in [0.3, 0.4) is 0 Å². The van der Waals surface area contributed by atoms with Crippen molar-refractivity contribution in [1.82, 2.24) is 5.32 Å². The first-order valence-electron chi connectivity index (χ1n) is 33.4. The minimum absolute atomic E-state index is 0.233. The van der Waals surface area contributed by atoms with Gasteiger partial charge in [-0.2, -0.15) is 0 Å². The van der Waals surface area contributed by atoms with E-state index >= 15 is 0 Å². The van der Waals surface area contributed by atoms with Gasteiger partial charge in [-0.1, -0.05) is 289 Å². The van der Waals surface area contributed by atoms with Gasteiger partial charge in [0.05, 0.1) is 32.0 Å². The molecule has 0 aromatic rings. The van der Waals surface area contributed by atoms with Gasteiger partial charge in [-0.05, 0) is 19.3 Å². The molecule has 0 aromatic carbocycles. The molecule has 2 fully saturated rings. The van der Waals surface area contributed by atoms with E-state index in [0.29, 0.717) is 6.42 Å². The fourth-order valence-electron chi connectivity index (χ4n) is 11.4. The standard InChI is InChI=1S/C65H125NO13/c1-3-5-7-9-11-13-15-17-19-20-21-22-23-24-25-26-27-28-29-30-31-32-33-35-36-38-40-42-44-46-48-54(69)53(66-57(70)49-47-45-43-41-39-37-34-18-16-14-12-10-8-6-4-2)52-76-64-62(75)60(73)63(56(51-68)78-64)79-65-61(74)59(72)58(71)55(50-67)77-65/h46,48,53-56,58-65,67-69,71-75H,3-45,47,49-52H2,1-2H3,(H,66,70)/b48-46+. The second-order valence-corrected chi connectivity index (χ2v) is 24.0. The number of hydrogen-bond acceptors (Lipinski definition) is 13. The highest BCUT2D eigenvalue weighted by Crippen LogP contribution is 2.30. The molecule has 2 saturated heterocycles. The molecule has 0 aromatic heterocycles. The second kappa shape index (κ2) is 51.2. The molecule has 1 amide bonds. The van der Waals surface area contributed by atoms with Crippen LogP contribution in [0.4, 0.5) is 0 Å². The van der Waals surface area contributed by atoms with Crippen LogP contribution in [0.15, 0.2) is 12.2 Å². The van der Waals surface area contributed by atoms with Gasteiger partial charge in [0, 0.05) is 6.42 Å². The molecule has 468 valence electrons. The molecular formula is C65H125NO13. The largest absolute Gasteiger partial charge is 0.394 e. The third kappa shape index (κ3) is 36.2. The fraction of sp³-hybridized carbons (Fsp3) is 0.954. The van der Waals surface area contributed by atoms with E-state index in [1.807, 2.05) is 6.08 Å². The van der Waals surface area contributed by atoms with Gasteiger partial charge in [0.25, 0.3) is 0 Å². The van der Waals surface area contributed by atoms with Crippen molar-refractivity contribution < 1.29 is 64.6 Å². The van der Waals surface area contributed by atoms with Crippen LogP contribution < -0.4 is 5.32 Å². The van der Waals surface area contributed by atoms with E-state index in [0.717, 1.165) is 38.5 Å². The number of rotatable bonds is 55. The van der Waals surface area contributed by atoms with Crippen LogP contribution in [-0.2, 0) is 23.7 Å². The highest BCUT2D eigenvalue weighted by atomic mass is 16.7. The number of aliphatic hydroxyl groups is 8. The van der Waals surface area contributed by atoms with Crippen LogP contribution in [0.25, 0.3) is 0 Å². The van der Waals surface area contributed by atoms with Crippen molar-refractivity contribution in [1.29, 1.82) is 0 Å².